The SMILES string of the molecule is CCS(=O)(=O)CC(=O)N1CCSCC1CC(=O)O. The molecule has 1 aliphatic heterocycles. The summed E-state index contributed by atoms with van der Waals surface area (Å²) >= 11 is 1.58. The number of aliphatic carboxylic acids is 1. The van der Waals surface area contributed by atoms with Gasteiger partial charge in [-0.1, -0.05) is 6.92 Å². The summed E-state index contributed by atoms with van der Waals surface area (Å²) in [5.74, 6) is -0.796. The van der Waals surface area contributed by atoms with Gasteiger partial charge in [0.25, 0.3) is 0 Å². The van der Waals surface area contributed by atoms with Crippen LogP contribution in [0.15, 0.2) is 0 Å². The van der Waals surface area contributed by atoms with Gasteiger partial charge in [0.05, 0.1) is 12.5 Å². The Morgan fingerprint density at radius 3 is 2.67 bits per heavy atom. The van der Waals surface area contributed by atoms with E-state index in [1.807, 2.05) is 0 Å². The maximum atomic E-state index is 11.9. The van der Waals surface area contributed by atoms with Gasteiger partial charge in [-0.3, -0.25) is 9.59 Å². The molecular weight excluding hydrogens is 278 g/mol. The van der Waals surface area contributed by atoms with E-state index in [9.17, 15) is 18.0 Å². The average molecular weight is 295 g/mol. The summed E-state index contributed by atoms with van der Waals surface area (Å²) in [6.45, 7) is 1.91. The van der Waals surface area contributed by atoms with Crippen LogP contribution < -0.4 is 0 Å². The number of carbonyl (C=O) groups is 2. The van der Waals surface area contributed by atoms with E-state index in [0.717, 1.165) is 0 Å². The number of nitrogens with zero attached hydrogens (tertiary/aromatic N) is 1. The van der Waals surface area contributed by atoms with Gasteiger partial charge in [-0.2, -0.15) is 11.8 Å². The third kappa shape index (κ3) is 4.49. The van der Waals surface area contributed by atoms with Crippen LogP contribution in [0.5, 0.6) is 0 Å². The zero-order valence-corrected chi connectivity index (χ0v) is 11.8. The Kier molecular flexibility index (Phi) is 5.46. The molecule has 0 aromatic rings. The van der Waals surface area contributed by atoms with Crippen LogP contribution in [-0.4, -0.2) is 65.9 Å². The molecule has 18 heavy (non-hydrogen) atoms. The number of rotatable bonds is 5. The largest absolute Gasteiger partial charge is 0.481 e. The summed E-state index contributed by atoms with van der Waals surface area (Å²) in [4.78, 5) is 24.0. The first-order chi connectivity index (χ1) is 8.35. The fraction of sp³-hybridized carbons (Fsp3) is 0.800. The van der Waals surface area contributed by atoms with Crippen molar-refractivity contribution in [2.24, 2.45) is 0 Å². The highest BCUT2D eigenvalue weighted by atomic mass is 32.2. The molecule has 0 spiro atoms. The Hall–Kier alpha value is -0.760. The van der Waals surface area contributed by atoms with Crippen molar-refractivity contribution < 1.29 is 23.1 Å². The molecule has 1 amide bonds. The summed E-state index contributed by atoms with van der Waals surface area (Å²) < 4.78 is 22.8. The van der Waals surface area contributed by atoms with E-state index in [0.29, 0.717) is 18.1 Å². The van der Waals surface area contributed by atoms with Crippen molar-refractivity contribution in [2.75, 3.05) is 29.6 Å². The molecule has 6 nitrogen and oxygen atoms in total. The van der Waals surface area contributed by atoms with Crippen LogP contribution in [0.25, 0.3) is 0 Å². The van der Waals surface area contributed by atoms with Gasteiger partial charge in [-0.15, -0.1) is 0 Å². The zero-order chi connectivity index (χ0) is 13.8. The molecule has 0 aromatic carbocycles. The number of hydrogen-bond acceptors (Lipinski definition) is 5. The van der Waals surface area contributed by atoms with E-state index < -0.39 is 33.5 Å². The van der Waals surface area contributed by atoms with Crippen LogP contribution in [0.2, 0.25) is 0 Å². The van der Waals surface area contributed by atoms with Crippen LogP contribution >= 0.6 is 11.8 Å². The predicted octanol–water partition coefficient (Wildman–Crippen LogP) is -0.160. The number of hydrogen-bond donors (Lipinski definition) is 1. The second-order valence-electron chi connectivity index (χ2n) is 4.09. The van der Waals surface area contributed by atoms with Gasteiger partial charge in [0, 0.05) is 23.8 Å². The molecule has 0 aliphatic carbocycles. The summed E-state index contributed by atoms with van der Waals surface area (Å²) in [7, 11) is -3.37. The molecule has 8 heteroatoms. The van der Waals surface area contributed by atoms with E-state index >= 15 is 0 Å². The fourth-order valence-corrected chi connectivity index (χ4v) is 3.54. The first-order valence-electron chi connectivity index (χ1n) is 5.65. The van der Waals surface area contributed by atoms with Crippen molar-refractivity contribution in [3.8, 4) is 0 Å². The molecule has 0 bridgehead atoms. The van der Waals surface area contributed by atoms with Crippen LogP contribution in [0.4, 0.5) is 0 Å². The summed E-state index contributed by atoms with van der Waals surface area (Å²) in [5, 5.41) is 8.78. The molecule has 0 radical (unpaired) electrons. The van der Waals surface area contributed by atoms with E-state index in [2.05, 4.69) is 0 Å². The van der Waals surface area contributed by atoms with E-state index in [1.165, 1.54) is 11.8 Å². The van der Waals surface area contributed by atoms with Crippen LogP contribution in [0.3, 0.4) is 0 Å². The number of amides is 1. The summed E-state index contributed by atoms with van der Waals surface area (Å²) in [6.07, 6.45) is -0.134. The Bertz CT molecular complexity index is 420. The highest BCUT2D eigenvalue weighted by Crippen LogP contribution is 2.19. The lowest BCUT2D eigenvalue weighted by Gasteiger charge is -2.34. The lowest BCUT2D eigenvalue weighted by atomic mass is 10.2. The molecule has 1 heterocycles. The molecule has 1 rings (SSSR count). The Balaban J connectivity index is 2.71. The van der Waals surface area contributed by atoms with Crippen molar-refractivity contribution in [2.45, 2.75) is 19.4 Å². The quantitative estimate of drug-likeness (QED) is 0.758. The Morgan fingerprint density at radius 1 is 1.44 bits per heavy atom. The molecule has 0 saturated carbocycles. The molecule has 104 valence electrons. The number of carboxylic acid groups (broad SMARTS) is 1. The lowest BCUT2D eigenvalue weighted by Crippen LogP contribution is -2.49. The van der Waals surface area contributed by atoms with Crippen molar-refractivity contribution in [3.63, 3.8) is 0 Å². The van der Waals surface area contributed by atoms with Crippen molar-refractivity contribution in [1.29, 1.82) is 0 Å². The normalized spacial score (nSPS) is 20.7. The monoisotopic (exact) mass is 295 g/mol. The topological polar surface area (TPSA) is 91.8 Å². The molecule has 1 N–H and O–H groups in total. The number of sulfone groups is 1. The average Bonchev–Trinajstić information content (AvgIpc) is 2.28. The van der Waals surface area contributed by atoms with Crippen molar-refractivity contribution in [1.82, 2.24) is 4.90 Å². The molecule has 0 aromatic heterocycles. The standard InChI is InChI=1S/C10H17NO5S2/c1-2-18(15,16)7-9(12)11-3-4-17-6-8(11)5-10(13)14/h8H,2-7H2,1H3,(H,13,14). The van der Waals surface area contributed by atoms with E-state index in [1.54, 1.807) is 11.8 Å². The Morgan fingerprint density at radius 2 is 2.11 bits per heavy atom. The molecule has 1 atom stereocenters. The van der Waals surface area contributed by atoms with Gasteiger partial charge in [0.2, 0.25) is 5.91 Å². The van der Waals surface area contributed by atoms with Crippen molar-refractivity contribution in [3.05, 3.63) is 0 Å². The lowest BCUT2D eigenvalue weighted by molar-refractivity contribution is -0.139. The van der Waals surface area contributed by atoms with Gasteiger partial charge in [0.15, 0.2) is 9.84 Å². The predicted molar refractivity (Wildman–Crippen MR) is 69.4 cm³/mol. The van der Waals surface area contributed by atoms with Crippen LogP contribution in [0, 0.1) is 0 Å². The number of carboxylic acids is 1. The van der Waals surface area contributed by atoms with E-state index in [-0.39, 0.29) is 12.2 Å². The third-order valence-electron chi connectivity index (χ3n) is 2.74. The van der Waals surface area contributed by atoms with Crippen LogP contribution in [0.1, 0.15) is 13.3 Å². The van der Waals surface area contributed by atoms with E-state index in [4.69, 9.17) is 5.11 Å². The number of thioether (sulfide) groups is 1. The molecular formula is C10H17NO5S2. The molecule has 1 saturated heterocycles. The van der Waals surface area contributed by atoms with Gasteiger partial charge >= 0.3 is 5.97 Å². The second-order valence-corrected chi connectivity index (χ2v) is 7.59. The smallest absolute Gasteiger partial charge is 0.305 e. The maximum absolute atomic E-state index is 11.9. The van der Waals surface area contributed by atoms with Gasteiger partial charge in [-0.05, 0) is 0 Å². The Labute approximate surface area is 111 Å². The zero-order valence-electron chi connectivity index (χ0n) is 10.2. The minimum atomic E-state index is -3.37. The summed E-state index contributed by atoms with van der Waals surface area (Å²) in [5.41, 5.74) is 0. The molecule has 1 fully saturated rings. The van der Waals surface area contributed by atoms with Crippen molar-refractivity contribution >= 4 is 33.5 Å². The van der Waals surface area contributed by atoms with Gasteiger partial charge < -0.3 is 10.0 Å². The minimum Gasteiger partial charge on any atom is -0.481 e. The maximum Gasteiger partial charge on any atom is 0.305 e. The molecule has 1 unspecified atom stereocenters. The second kappa shape index (κ2) is 6.42. The highest BCUT2D eigenvalue weighted by Gasteiger charge is 2.30. The third-order valence-corrected chi connectivity index (χ3v) is 5.40. The summed E-state index contributed by atoms with van der Waals surface area (Å²) in [6, 6.07) is -0.402. The van der Waals surface area contributed by atoms with Crippen LogP contribution in [-0.2, 0) is 19.4 Å². The number of carbonyl (C=O) groups excluding carboxylic acids is 1. The fourth-order valence-electron chi connectivity index (χ4n) is 1.73. The van der Waals surface area contributed by atoms with Gasteiger partial charge in [0.1, 0.15) is 5.75 Å². The first kappa shape index (κ1) is 15.3. The minimum absolute atomic E-state index is 0.0784. The highest BCUT2D eigenvalue weighted by molar-refractivity contribution is 7.99. The first-order valence-corrected chi connectivity index (χ1v) is 8.62. The molecule has 1 aliphatic rings. The van der Waals surface area contributed by atoms with Gasteiger partial charge in [-0.25, -0.2) is 8.42 Å².